The van der Waals surface area contributed by atoms with E-state index in [1.165, 1.54) is 11.3 Å². The van der Waals surface area contributed by atoms with E-state index in [1.807, 2.05) is 36.1 Å². The molecule has 0 unspecified atom stereocenters. The molecule has 0 saturated carbocycles. The second-order valence-electron chi connectivity index (χ2n) is 8.73. The Morgan fingerprint density at radius 1 is 0.939 bits per heavy atom. The number of aryl methyl sites for hydroxylation is 1. The SMILES string of the molecule is Cc1c(C(=O)N2C[C@H](O)[C@@H](N3CCN(C(=O)c4ccc(Cl)cc4)CC3)C2)sc2ccccc12. The lowest BCUT2D eigenvalue weighted by molar-refractivity contribution is 0.0376. The smallest absolute Gasteiger partial charge is 0.264 e. The Hall–Kier alpha value is -2.45. The minimum absolute atomic E-state index is 0.00433. The van der Waals surface area contributed by atoms with Crippen molar-refractivity contribution in [3.05, 3.63) is 69.6 Å². The first-order valence-corrected chi connectivity index (χ1v) is 12.4. The normalized spacial score (nSPS) is 21.7. The summed E-state index contributed by atoms with van der Waals surface area (Å²) in [5.41, 5.74) is 1.64. The Labute approximate surface area is 202 Å². The van der Waals surface area contributed by atoms with Crippen molar-refractivity contribution in [3.8, 4) is 0 Å². The van der Waals surface area contributed by atoms with Gasteiger partial charge in [0.2, 0.25) is 0 Å². The summed E-state index contributed by atoms with van der Waals surface area (Å²) in [6.45, 7) is 5.35. The molecule has 172 valence electrons. The second-order valence-corrected chi connectivity index (χ2v) is 10.2. The van der Waals surface area contributed by atoms with Crippen molar-refractivity contribution in [2.45, 2.75) is 19.1 Å². The number of rotatable bonds is 3. The summed E-state index contributed by atoms with van der Waals surface area (Å²) in [6, 6.07) is 14.9. The zero-order valence-electron chi connectivity index (χ0n) is 18.4. The van der Waals surface area contributed by atoms with E-state index in [-0.39, 0.29) is 17.9 Å². The van der Waals surface area contributed by atoms with E-state index in [1.54, 1.807) is 29.2 Å². The van der Waals surface area contributed by atoms with Crippen LogP contribution in [0.25, 0.3) is 10.1 Å². The van der Waals surface area contributed by atoms with E-state index in [0.29, 0.717) is 49.9 Å². The Bertz CT molecular complexity index is 1190. The van der Waals surface area contributed by atoms with E-state index in [0.717, 1.165) is 20.5 Å². The molecule has 2 fully saturated rings. The highest BCUT2D eigenvalue weighted by atomic mass is 35.5. The van der Waals surface area contributed by atoms with Gasteiger partial charge in [0.1, 0.15) is 0 Å². The molecule has 2 aliphatic heterocycles. The third kappa shape index (κ3) is 4.26. The molecule has 2 atom stereocenters. The van der Waals surface area contributed by atoms with Crippen LogP contribution in [0.15, 0.2) is 48.5 Å². The number of amides is 2. The first-order valence-electron chi connectivity index (χ1n) is 11.2. The molecular weight excluding hydrogens is 458 g/mol. The molecule has 1 N–H and O–H groups in total. The summed E-state index contributed by atoms with van der Waals surface area (Å²) in [4.78, 5) is 32.6. The number of carbonyl (C=O) groups is 2. The van der Waals surface area contributed by atoms with E-state index in [2.05, 4.69) is 4.90 Å². The number of fused-ring (bicyclic) bond motifs is 1. The molecule has 6 nitrogen and oxygen atoms in total. The lowest BCUT2D eigenvalue weighted by Crippen LogP contribution is -2.54. The van der Waals surface area contributed by atoms with Crippen molar-refractivity contribution in [1.29, 1.82) is 0 Å². The predicted molar refractivity (Wildman–Crippen MR) is 131 cm³/mol. The van der Waals surface area contributed by atoms with E-state index in [4.69, 9.17) is 11.6 Å². The summed E-state index contributed by atoms with van der Waals surface area (Å²) in [6.07, 6.45) is -0.595. The van der Waals surface area contributed by atoms with Gasteiger partial charge in [0.15, 0.2) is 0 Å². The Kier molecular flexibility index (Phi) is 6.14. The van der Waals surface area contributed by atoms with Gasteiger partial charge in [0.05, 0.1) is 17.0 Å². The lowest BCUT2D eigenvalue weighted by atomic mass is 10.1. The summed E-state index contributed by atoms with van der Waals surface area (Å²) in [5, 5.41) is 12.5. The maximum atomic E-state index is 13.3. The Morgan fingerprint density at radius 3 is 2.33 bits per heavy atom. The largest absolute Gasteiger partial charge is 0.390 e. The maximum Gasteiger partial charge on any atom is 0.264 e. The van der Waals surface area contributed by atoms with Crippen LogP contribution in [0, 0.1) is 6.92 Å². The number of piperazine rings is 1. The molecule has 2 aliphatic rings. The Morgan fingerprint density at radius 2 is 1.64 bits per heavy atom. The van der Waals surface area contributed by atoms with Crippen molar-refractivity contribution in [3.63, 3.8) is 0 Å². The number of aliphatic hydroxyl groups excluding tert-OH is 1. The molecular formula is C25H26ClN3O3S. The number of likely N-dealkylation sites (tertiary alicyclic amines) is 1. The van der Waals surface area contributed by atoms with Crippen molar-refractivity contribution in [2.24, 2.45) is 0 Å². The van der Waals surface area contributed by atoms with Gasteiger partial charge in [-0.1, -0.05) is 29.8 Å². The lowest BCUT2D eigenvalue weighted by Gasteiger charge is -2.38. The molecule has 3 heterocycles. The maximum absolute atomic E-state index is 13.3. The van der Waals surface area contributed by atoms with Crippen LogP contribution in [-0.2, 0) is 0 Å². The fraction of sp³-hybridized carbons (Fsp3) is 0.360. The number of thiophene rings is 1. The summed E-state index contributed by atoms with van der Waals surface area (Å²) >= 11 is 7.45. The van der Waals surface area contributed by atoms with Gasteiger partial charge in [-0.3, -0.25) is 14.5 Å². The fourth-order valence-corrected chi connectivity index (χ4v) is 6.15. The van der Waals surface area contributed by atoms with Gasteiger partial charge < -0.3 is 14.9 Å². The molecule has 0 bridgehead atoms. The Balaban J connectivity index is 1.22. The van der Waals surface area contributed by atoms with Gasteiger partial charge in [-0.15, -0.1) is 11.3 Å². The van der Waals surface area contributed by atoms with Crippen LogP contribution < -0.4 is 0 Å². The average Bonchev–Trinajstić information content (AvgIpc) is 3.39. The fourth-order valence-electron chi connectivity index (χ4n) is 4.85. The first-order chi connectivity index (χ1) is 15.9. The van der Waals surface area contributed by atoms with Crippen molar-refractivity contribution in [2.75, 3.05) is 39.3 Å². The topological polar surface area (TPSA) is 64.1 Å². The van der Waals surface area contributed by atoms with Crippen molar-refractivity contribution >= 4 is 44.8 Å². The highest BCUT2D eigenvalue weighted by Crippen LogP contribution is 2.32. The van der Waals surface area contributed by atoms with Crippen molar-refractivity contribution in [1.82, 2.24) is 14.7 Å². The highest BCUT2D eigenvalue weighted by molar-refractivity contribution is 7.21. The molecule has 0 spiro atoms. The number of nitrogens with zero attached hydrogens (tertiary/aromatic N) is 3. The molecule has 0 radical (unpaired) electrons. The van der Waals surface area contributed by atoms with E-state index >= 15 is 0 Å². The first kappa shape index (κ1) is 22.3. The standard InChI is InChI=1S/C25H26ClN3O3S/c1-16-19-4-2-3-5-22(19)33-23(16)25(32)29-14-20(21(30)15-29)27-10-12-28(13-11-27)24(31)17-6-8-18(26)9-7-17/h2-9,20-21,30H,10-15H2,1H3/t20-,21-/m0/s1. The van der Waals surface area contributed by atoms with Gasteiger partial charge in [-0.05, 0) is 48.2 Å². The van der Waals surface area contributed by atoms with Gasteiger partial charge in [-0.25, -0.2) is 0 Å². The summed E-state index contributed by atoms with van der Waals surface area (Å²) < 4.78 is 1.11. The number of aliphatic hydroxyl groups is 1. The van der Waals surface area contributed by atoms with Crippen molar-refractivity contribution < 1.29 is 14.7 Å². The van der Waals surface area contributed by atoms with Crippen LogP contribution in [0.3, 0.4) is 0 Å². The van der Waals surface area contributed by atoms with Crippen LogP contribution in [0.5, 0.6) is 0 Å². The number of β-amino-alcohol motifs (C(OH)–C–C–N with tert-alkyl or cyclic N) is 1. The molecule has 8 heteroatoms. The van der Waals surface area contributed by atoms with Crippen LogP contribution in [-0.4, -0.2) is 83.0 Å². The third-order valence-electron chi connectivity index (χ3n) is 6.75. The monoisotopic (exact) mass is 483 g/mol. The molecule has 2 saturated heterocycles. The number of benzene rings is 2. The molecule has 33 heavy (non-hydrogen) atoms. The van der Waals surface area contributed by atoms with Gasteiger partial charge in [0, 0.05) is 54.6 Å². The molecule has 5 rings (SSSR count). The zero-order valence-corrected chi connectivity index (χ0v) is 20.0. The number of hydrogen-bond acceptors (Lipinski definition) is 5. The average molecular weight is 484 g/mol. The van der Waals surface area contributed by atoms with Gasteiger partial charge in [-0.2, -0.15) is 0 Å². The zero-order chi connectivity index (χ0) is 23.1. The quantitative estimate of drug-likeness (QED) is 0.619. The van der Waals surface area contributed by atoms with Crippen LogP contribution >= 0.6 is 22.9 Å². The predicted octanol–water partition coefficient (Wildman–Crippen LogP) is 3.51. The van der Waals surface area contributed by atoms with E-state index < -0.39 is 6.10 Å². The number of carbonyl (C=O) groups excluding carboxylic acids is 2. The van der Waals surface area contributed by atoms with E-state index in [9.17, 15) is 14.7 Å². The van der Waals surface area contributed by atoms with Gasteiger partial charge in [0.25, 0.3) is 11.8 Å². The van der Waals surface area contributed by atoms with Crippen LogP contribution in [0.4, 0.5) is 0 Å². The summed E-state index contributed by atoms with van der Waals surface area (Å²) in [7, 11) is 0. The van der Waals surface area contributed by atoms with Crippen LogP contribution in [0.2, 0.25) is 5.02 Å². The highest BCUT2D eigenvalue weighted by Gasteiger charge is 2.40. The second kappa shape index (κ2) is 9.06. The molecule has 1 aromatic heterocycles. The molecule has 2 amide bonds. The number of halogens is 1. The van der Waals surface area contributed by atoms with Crippen LogP contribution in [0.1, 0.15) is 25.6 Å². The summed E-state index contributed by atoms with van der Waals surface area (Å²) in [5.74, 6) is -0.0119. The van der Waals surface area contributed by atoms with Gasteiger partial charge >= 0.3 is 0 Å². The third-order valence-corrected chi connectivity index (χ3v) is 8.26. The minimum Gasteiger partial charge on any atom is -0.390 e. The minimum atomic E-state index is -0.595. The molecule has 3 aromatic rings. The number of hydrogen-bond donors (Lipinski definition) is 1. The molecule has 0 aliphatic carbocycles. The molecule has 2 aromatic carbocycles.